The van der Waals surface area contributed by atoms with E-state index in [0.29, 0.717) is 30.1 Å². The summed E-state index contributed by atoms with van der Waals surface area (Å²) in [4.78, 5) is 17.9. The molecule has 32 heavy (non-hydrogen) atoms. The van der Waals surface area contributed by atoms with E-state index in [0.717, 1.165) is 36.9 Å². The number of pyridine rings is 1. The van der Waals surface area contributed by atoms with Crippen LogP contribution < -0.4 is 10.2 Å². The average Bonchev–Trinajstić information content (AvgIpc) is 2.82. The van der Waals surface area contributed by atoms with Crippen molar-refractivity contribution in [3.05, 3.63) is 95.8 Å². The fourth-order valence-corrected chi connectivity index (χ4v) is 4.87. The zero-order valence-electron chi connectivity index (χ0n) is 18.5. The highest BCUT2D eigenvalue weighted by Crippen LogP contribution is 2.40. The highest BCUT2D eigenvalue weighted by Gasteiger charge is 2.30. The maximum Gasteiger partial charge on any atom is 0.412 e. The van der Waals surface area contributed by atoms with Crippen LogP contribution in [0.2, 0.25) is 0 Å². The van der Waals surface area contributed by atoms with Gasteiger partial charge in [0.2, 0.25) is 0 Å². The maximum atomic E-state index is 12.2. The van der Waals surface area contributed by atoms with Gasteiger partial charge < -0.3 is 10.4 Å². The highest BCUT2D eigenvalue weighted by atomic mass is 16.4. The lowest BCUT2D eigenvalue weighted by Crippen LogP contribution is -2.37. The molecule has 1 unspecified atom stereocenters. The second-order valence-electron chi connectivity index (χ2n) is 8.86. The molecule has 1 amide bonds. The van der Waals surface area contributed by atoms with E-state index in [1.807, 2.05) is 42.5 Å². The summed E-state index contributed by atoms with van der Waals surface area (Å²) in [6.45, 7) is 3.46. The zero-order valence-corrected chi connectivity index (χ0v) is 18.5. The molecule has 0 aliphatic heterocycles. The minimum absolute atomic E-state index is 0.294. The normalized spacial score (nSPS) is 20.6. The quantitative estimate of drug-likeness (QED) is 0.496. The fraction of sp³-hybridized carbons (Fsp3) is 0.333. The Labute approximate surface area is 190 Å². The van der Waals surface area contributed by atoms with E-state index in [4.69, 9.17) is 0 Å². The highest BCUT2D eigenvalue weighted by molar-refractivity contribution is 5.87. The lowest BCUT2D eigenvalue weighted by Gasteiger charge is -2.36. The Kier molecular flexibility index (Phi) is 7.17. The summed E-state index contributed by atoms with van der Waals surface area (Å²) < 4.78 is 0. The Morgan fingerprint density at radius 2 is 1.69 bits per heavy atom. The number of hydrogen-bond acceptors (Lipinski definition) is 3. The summed E-state index contributed by atoms with van der Waals surface area (Å²) >= 11 is 0. The molecular formula is C27H31N3O2. The number of hydrogen-bond donors (Lipinski definition) is 2. The van der Waals surface area contributed by atoms with Crippen molar-refractivity contribution < 1.29 is 9.90 Å². The fourth-order valence-electron chi connectivity index (χ4n) is 4.87. The first kappa shape index (κ1) is 22.0. The van der Waals surface area contributed by atoms with Gasteiger partial charge in [-0.15, -0.1) is 0 Å². The topological polar surface area (TPSA) is 65.5 Å². The van der Waals surface area contributed by atoms with Crippen LogP contribution in [0.3, 0.4) is 0 Å². The van der Waals surface area contributed by atoms with Gasteiger partial charge in [-0.05, 0) is 53.9 Å². The Morgan fingerprint density at radius 3 is 2.38 bits per heavy atom. The number of carboxylic acid groups (broad SMARTS) is 1. The van der Waals surface area contributed by atoms with Crippen LogP contribution in [0.15, 0.2) is 79.1 Å². The molecule has 166 valence electrons. The van der Waals surface area contributed by atoms with E-state index in [2.05, 4.69) is 41.5 Å². The van der Waals surface area contributed by atoms with Crippen molar-refractivity contribution in [2.75, 3.05) is 4.90 Å². The Morgan fingerprint density at radius 1 is 1.00 bits per heavy atom. The van der Waals surface area contributed by atoms with Gasteiger partial charge in [0.1, 0.15) is 0 Å². The molecule has 1 aliphatic carbocycles. The number of nitrogens with zero attached hydrogens (tertiary/aromatic N) is 2. The van der Waals surface area contributed by atoms with E-state index in [1.54, 1.807) is 12.4 Å². The third-order valence-electron chi connectivity index (χ3n) is 6.36. The van der Waals surface area contributed by atoms with Crippen LogP contribution in [0.1, 0.15) is 48.8 Å². The van der Waals surface area contributed by atoms with Crippen molar-refractivity contribution in [2.45, 2.75) is 51.2 Å². The van der Waals surface area contributed by atoms with Crippen LogP contribution in [-0.2, 0) is 13.1 Å². The second-order valence-corrected chi connectivity index (χ2v) is 8.86. The van der Waals surface area contributed by atoms with Crippen molar-refractivity contribution in [1.82, 2.24) is 10.3 Å². The summed E-state index contributed by atoms with van der Waals surface area (Å²) in [6.07, 6.45) is 5.72. The van der Waals surface area contributed by atoms with Crippen molar-refractivity contribution in [1.29, 1.82) is 0 Å². The summed E-state index contributed by atoms with van der Waals surface area (Å²) in [5, 5.41) is 13.7. The van der Waals surface area contributed by atoms with Crippen LogP contribution in [0.4, 0.5) is 10.5 Å². The first-order chi connectivity index (χ1) is 15.6. The molecule has 0 radical (unpaired) electrons. The number of nitrogens with one attached hydrogen (secondary N) is 1. The van der Waals surface area contributed by atoms with Crippen molar-refractivity contribution in [2.24, 2.45) is 5.92 Å². The minimum atomic E-state index is -0.953. The number of carbonyl (C=O) groups is 1. The van der Waals surface area contributed by atoms with E-state index in [-0.39, 0.29) is 0 Å². The smallest absolute Gasteiger partial charge is 0.412 e. The van der Waals surface area contributed by atoms with Gasteiger partial charge in [0.15, 0.2) is 0 Å². The van der Waals surface area contributed by atoms with Crippen LogP contribution in [-0.4, -0.2) is 22.2 Å². The van der Waals surface area contributed by atoms with E-state index in [9.17, 15) is 9.90 Å². The molecule has 0 bridgehead atoms. The molecule has 0 spiro atoms. The lowest BCUT2D eigenvalue weighted by molar-refractivity contribution is 0.201. The average molecular weight is 430 g/mol. The Bertz CT molecular complexity index is 1010. The van der Waals surface area contributed by atoms with Gasteiger partial charge in [0.25, 0.3) is 0 Å². The summed E-state index contributed by atoms with van der Waals surface area (Å²) in [7, 11) is 0. The zero-order chi connectivity index (χ0) is 22.3. The minimum Gasteiger partial charge on any atom is -0.465 e. The van der Waals surface area contributed by atoms with E-state index < -0.39 is 6.09 Å². The van der Waals surface area contributed by atoms with Crippen LogP contribution in [0.25, 0.3) is 0 Å². The monoisotopic (exact) mass is 429 g/mol. The predicted molar refractivity (Wildman–Crippen MR) is 128 cm³/mol. The number of rotatable bonds is 7. The molecule has 5 heteroatoms. The standard InChI is InChI=1S/C27H31N3O2/c1-20-14-23(16-24(15-20)29-17-21-8-4-2-5-9-21)25-12-13-28-18-26(25)30(27(31)32)19-22-10-6-3-7-11-22/h2-13,18,20,23-24,29H,14-17,19H2,1H3,(H,31,32)/t20?,23-,24+/m1/s1. The first-order valence-electron chi connectivity index (χ1n) is 11.4. The van der Waals surface area contributed by atoms with Gasteiger partial charge in [-0.25, -0.2) is 4.79 Å². The van der Waals surface area contributed by atoms with Crippen molar-refractivity contribution >= 4 is 11.8 Å². The van der Waals surface area contributed by atoms with Crippen LogP contribution in [0.5, 0.6) is 0 Å². The van der Waals surface area contributed by atoms with Crippen LogP contribution >= 0.6 is 0 Å². The summed E-state index contributed by atoms with van der Waals surface area (Å²) in [5.74, 6) is 0.859. The SMILES string of the molecule is CC1C[C@H](NCc2ccccc2)C[C@H](c2ccncc2N(Cc2ccccc2)C(=O)O)C1. The molecule has 1 aliphatic rings. The molecule has 3 aromatic rings. The van der Waals surface area contributed by atoms with Gasteiger partial charge >= 0.3 is 6.09 Å². The molecule has 1 aromatic heterocycles. The summed E-state index contributed by atoms with van der Waals surface area (Å²) in [5.41, 5.74) is 4.03. The maximum absolute atomic E-state index is 12.2. The molecule has 2 N–H and O–H groups in total. The van der Waals surface area contributed by atoms with Gasteiger partial charge in [-0.2, -0.15) is 0 Å². The molecule has 1 heterocycles. The van der Waals surface area contributed by atoms with Gasteiger partial charge in [-0.1, -0.05) is 67.6 Å². The molecular weight excluding hydrogens is 398 g/mol. The molecule has 2 aromatic carbocycles. The molecule has 0 saturated heterocycles. The lowest BCUT2D eigenvalue weighted by atomic mass is 9.76. The number of anilines is 1. The summed E-state index contributed by atoms with van der Waals surface area (Å²) in [6, 6.07) is 22.6. The second kappa shape index (κ2) is 10.4. The van der Waals surface area contributed by atoms with Crippen LogP contribution in [0, 0.1) is 5.92 Å². The number of aromatic nitrogens is 1. The van der Waals surface area contributed by atoms with E-state index >= 15 is 0 Å². The largest absolute Gasteiger partial charge is 0.465 e. The van der Waals surface area contributed by atoms with Crippen molar-refractivity contribution in [3.63, 3.8) is 0 Å². The number of amides is 1. The molecule has 5 nitrogen and oxygen atoms in total. The molecule has 3 atom stereocenters. The first-order valence-corrected chi connectivity index (χ1v) is 11.4. The van der Waals surface area contributed by atoms with E-state index in [1.165, 1.54) is 10.5 Å². The molecule has 4 rings (SSSR count). The van der Waals surface area contributed by atoms with Crippen molar-refractivity contribution in [3.8, 4) is 0 Å². The Balaban J connectivity index is 1.54. The third kappa shape index (κ3) is 5.54. The molecule has 1 saturated carbocycles. The predicted octanol–water partition coefficient (Wildman–Crippen LogP) is 5.83. The molecule has 1 fully saturated rings. The van der Waals surface area contributed by atoms with Gasteiger partial charge in [0.05, 0.1) is 18.4 Å². The van der Waals surface area contributed by atoms with Gasteiger partial charge in [-0.3, -0.25) is 9.88 Å². The number of benzene rings is 2. The third-order valence-corrected chi connectivity index (χ3v) is 6.36. The van der Waals surface area contributed by atoms with Gasteiger partial charge in [0, 0.05) is 18.8 Å². The Hall–Kier alpha value is -3.18.